The smallest absolute Gasteiger partial charge is 0.140 e. The summed E-state index contributed by atoms with van der Waals surface area (Å²) in [5.41, 5.74) is 14.4. The maximum atomic E-state index is 6.86. The number of hydrogen-bond donors (Lipinski definition) is 0. The van der Waals surface area contributed by atoms with Gasteiger partial charge in [-0.25, -0.2) is 0 Å². The van der Waals surface area contributed by atoms with Gasteiger partial charge in [0.05, 0.1) is 0 Å². The molecular formula is C49H32O. The van der Waals surface area contributed by atoms with Crippen molar-refractivity contribution in [2.24, 2.45) is 0 Å². The van der Waals surface area contributed by atoms with Crippen LogP contribution in [0.5, 0.6) is 0 Å². The lowest BCUT2D eigenvalue weighted by molar-refractivity contribution is 0.620. The predicted octanol–water partition coefficient (Wildman–Crippen LogP) is 13.8. The summed E-state index contributed by atoms with van der Waals surface area (Å²) in [4.78, 5) is 0. The summed E-state index contributed by atoms with van der Waals surface area (Å²) in [5, 5.41) is 10.1. The first-order valence-corrected chi connectivity index (χ1v) is 17.5. The monoisotopic (exact) mass is 636 g/mol. The highest BCUT2D eigenvalue weighted by atomic mass is 16.3. The van der Waals surface area contributed by atoms with Crippen LogP contribution in [0.1, 0.15) is 25.0 Å². The van der Waals surface area contributed by atoms with E-state index < -0.39 is 0 Å². The van der Waals surface area contributed by atoms with E-state index in [-0.39, 0.29) is 5.41 Å². The van der Waals surface area contributed by atoms with Crippen LogP contribution < -0.4 is 0 Å². The van der Waals surface area contributed by atoms with Gasteiger partial charge in [0.15, 0.2) is 0 Å². The Morgan fingerprint density at radius 1 is 0.400 bits per heavy atom. The Kier molecular flexibility index (Phi) is 5.51. The van der Waals surface area contributed by atoms with E-state index in [1.165, 1.54) is 98.7 Å². The first-order valence-electron chi connectivity index (χ1n) is 17.5. The molecule has 0 radical (unpaired) electrons. The van der Waals surface area contributed by atoms with Crippen LogP contribution in [0.15, 0.2) is 162 Å². The highest BCUT2D eigenvalue weighted by Crippen LogP contribution is 2.55. The van der Waals surface area contributed by atoms with Crippen molar-refractivity contribution in [2.45, 2.75) is 19.3 Å². The van der Waals surface area contributed by atoms with Crippen LogP contribution in [-0.2, 0) is 5.41 Å². The quantitative estimate of drug-likeness (QED) is 0.176. The molecule has 0 saturated carbocycles. The van der Waals surface area contributed by atoms with Crippen LogP contribution in [-0.4, -0.2) is 0 Å². The fraction of sp³-hybridized carbons (Fsp3) is 0.0612. The molecule has 0 aliphatic heterocycles. The molecule has 0 atom stereocenters. The Hall–Kier alpha value is -6.18. The summed E-state index contributed by atoms with van der Waals surface area (Å²) in [5.74, 6) is 0. The van der Waals surface area contributed by atoms with Gasteiger partial charge in [0.25, 0.3) is 0 Å². The molecule has 1 aromatic heterocycles. The van der Waals surface area contributed by atoms with Crippen molar-refractivity contribution in [3.05, 3.63) is 169 Å². The Labute approximate surface area is 290 Å². The zero-order chi connectivity index (χ0) is 33.1. The summed E-state index contributed by atoms with van der Waals surface area (Å²) >= 11 is 0. The van der Waals surface area contributed by atoms with Crippen molar-refractivity contribution in [1.29, 1.82) is 0 Å². The van der Waals surface area contributed by atoms with Gasteiger partial charge in [0, 0.05) is 21.8 Å². The van der Waals surface area contributed by atoms with Gasteiger partial charge < -0.3 is 4.42 Å². The molecule has 234 valence electrons. The maximum absolute atomic E-state index is 6.86. The largest absolute Gasteiger partial charge is 0.456 e. The molecule has 1 aliphatic rings. The number of furan rings is 1. The van der Waals surface area contributed by atoms with Gasteiger partial charge in [-0.1, -0.05) is 153 Å². The average Bonchev–Trinajstić information content (AvgIpc) is 3.66. The number of hydrogen-bond acceptors (Lipinski definition) is 1. The molecule has 0 N–H and O–H groups in total. The highest BCUT2D eigenvalue weighted by molar-refractivity contribution is 6.29. The van der Waals surface area contributed by atoms with Crippen LogP contribution in [0.2, 0.25) is 0 Å². The van der Waals surface area contributed by atoms with Gasteiger partial charge in [-0.3, -0.25) is 0 Å². The van der Waals surface area contributed by atoms with Crippen LogP contribution in [0.3, 0.4) is 0 Å². The zero-order valence-electron chi connectivity index (χ0n) is 27.9. The van der Waals surface area contributed by atoms with E-state index in [1.807, 2.05) is 0 Å². The van der Waals surface area contributed by atoms with E-state index in [4.69, 9.17) is 4.42 Å². The summed E-state index contributed by atoms with van der Waals surface area (Å²) in [6.45, 7) is 4.68. The molecule has 0 fully saturated rings. The molecule has 1 heteroatoms. The van der Waals surface area contributed by atoms with Crippen molar-refractivity contribution in [1.82, 2.24) is 0 Å². The maximum Gasteiger partial charge on any atom is 0.140 e. The lowest BCUT2D eigenvalue weighted by atomic mass is 9.80. The van der Waals surface area contributed by atoms with Crippen LogP contribution in [0.25, 0.3) is 98.8 Å². The second kappa shape index (κ2) is 9.94. The minimum atomic E-state index is -0.173. The SMILES string of the molecule is CC1(C)c2ccccc2-c2cc(-c3ccc4ccc5c(-c6cccc(-c7ccccc7)c6)ccc6ccc3c4c65)c3c(oc4ccccc43)c21. The first-order chi connectivity index (χ1) is 24.6. The summed E-state index contributed by atoms with van der Waals surface area (Å²) in [7, 11) is 0. The molecule has 0 unspecified atom stereocenters. The standard InChI is InChI=1S/C49H32O/c1-49(2)42-17-8-6-15-36(42)41-28-40(46-39-16-7-9-18-43(39)50-48(46)47(41)49)35-24-20-31-21-25-37-34(23-19-30-22-26-38(35)45(31)44(30)37)33-14-10-13-32(27-33)29-11-4-3-5-12-29/h3-28H,1-2H3. The lowest BCUT2D eigenvalue weighted by Gasteiger charge is -2.22. The Morgan fingerprint density at radius 2 is 1.04 bits per heavy atom. The average molecular weight is 637 g/mol. The second-order valence-electron chi connectivity index (χ2n) is 14.4. The van der Waals surface area contributed by atoms with Gasteiger partial charge in [-0.05, 0) is 101 Å². The molecule has 0 saturated heterocycles. The number of benzene rings is 9. The number of rotatable bonds is 3. The van der Waals surface area contributed by atoms with Crippen LogP contribution >= 0.6 is 0 Å². The fourth-order valence-electron chi connectivity index (χ4n) is 9.13. The molecular weight excluding hydrogens is 605 g/mol. The number of fused-ring (bicyclic) bond motifs is 7. The highest BCUT2D eigenvalue weighted by Gasteiger charge is 2.39. The van der Waals surface area contributed by atoms with Gasteiger partial charge in [-0.15, -0.1) is 0 Å². The predicted molar refractivity (Wildman–Crippen MR) is 211 cm³/mol. The normalized spacial score (nSPS) is 13.6. The molecule has 1 nitrogen and oxygen atoms in total. The van der Waals surface area contributed by atoms with Gasteiger partial charge in [-0.2, -0.15) is 0 Å². The molecule has 50 heavy (non-hydrogen) atoms. The Bertz CT molecular complexity index is 2990. The van der Waals surface area contributed by atoms with E-state index >= 15 is 0 Å². The summed E-state index contributed by atoms with van der Waals surface area (Å²) in [6.07, 6.45) is 0. The topological polar surface area (TPSA) is 13.1 Å². The second-order valence-corrected chi connectivity index (χ2v) is 14.4. The van der Waals surface area contributed by atoms with Crippen molar-refractivity contribution in [3.63, 3.8) is 0 Å². The van der Waals surface area contributed by atoms with E-state index in [2.05, 4.69) is 172 Å². The van der Waals surface area contributed by atoms with Gasteiger partial charge in [0.1, 0.15) is 11.2 Å². The van der Waals surface area contributed by atoms with E-state index in [0.717, 1.165) is 11.2 Å². The summed E-state index contributed by atoms with van der Waals surface area (Å²) < 4.78 is 6.86. The molecule has 1 aliphatic carbocycles. The molecule has 11 rings (SSSR count). The number of para-hydroxylation sites is 1. The Morgan fingerprint density at radius 3 is 1.86 bits per heavy atom. The molecule has 9 aromatic carbocycles. The van der Waals surface area contributed by atoms with Crippen LogP contribution in [0.4, 0.5) is 0 Å². The molecule has 0 bridgehead atoms. The third-order valence-electron chi connectivity index (χ3n) is 11.4. The van der Waals surface area contributed by atoms with E-state index in [9.17, 15) is 0 Å². The van der Waals surface area contributed by atoms with E-state index in [1.54, 1.807) is 0 Å². The van der Waals surface area contributed by atoms with Crippen LogP contribution in [0, 0.1) is 0 Å². The lowest BCUT2D eigenvalue weighted by Crippen LogP contribution is -2.15. The third-order valence-corrected chi connectivity index (χ3v) is 11.4. The molecule has 0 amide bonds. The summed E-state index contributed by atoms with van der Waals surface area (Å²) in [6, 6.07) is 58.0. The molecule has 10 aromatic rings. The first kappa shape index (κ1) is 27.7. The third kappa shape index (κ3) is 3.67. The van der Waals surface area contributed by atoms with Crippen molar-refractivity contribution in [3.8, 4) is 44.5 Å². The van der Waals surface area contributed by atoms with Gasteiger partial charge >= 0.3 is 0 Å². The van der Waals surface area contributed by atoms with Crippen molar-refractivity contribution >= 4 is 54.3 Å². The van der Waals surface area contributed by atoms with Crippen molar-refractivity contribution < 1.29 is 4.42 Å². The minimum absolute atomic E-state index is 0.173. The van der Waals surface area contributed by atoms with Crippen molar-refractivity contribution in [2.75, 3.05) is 0 Å². The Balaban J connectivity index is 1.21. The molecule has 0 spiro atoms. The minimum Gasteiger partial charge on any atom is -0.456 e. The molecule has 1 heterocycles. The van der Waals surface area contributed by atoms with E-state index in [0.29, 0.717) is 0 Å². The fourth-order valence-corrected chi connectivity index (χ4v) is 9.13. The zero-order valence-corrected chi connectivity index (χ0v) is 27.9. The van der Waals surface area contributed by atoms with Gasteiger partial charge in [0.2, 0.25) is 0 Å².